The number of nitrogens with one attached hydrogen (secondary N) is 1. The minimum absolute atomic E-state index is 0.142. The molecule has 0 radical (unpaired) electrons. The third kappa shape index (κ3) is 2.56. The number of carboxylic acid groups (broad SMARTS) is 1. The molecule has 1 atom stereocenters. The molecule has 6 heteroatoms. The first-order valence-electron chi connectivity index (χ1n) is 6.42. The summed E-state index contributed by atoms with van der Waals surface area (Å²) in [7, 11) is 0. The fourth-order valence-electron chi connectivity index (χ4n) is 2.35. The molecule has 1 unspecified atom stereocenters. The van der Waals surface area contributed by atoms with Crippen molar-refractivity contribution in [1.82, 2.24) is 0 Å². The van der Waals surface area contributed by atoms with Crippen molar-refractivity contribution in [3.05, 3.63) is 45.6 Å². The Morgan fingerprint density at radius 1 is 1.33 bits per heavy atom. The number of carbonyl (C=O) groups is 2. The molecule has 0 aliphatic carbocycles. The van der Waals surface area contributed by atoms with Gasteiger partial charge in [0, 0.05) is 10.6 Å². The van der Waals surface area contributed by atoms with Gasteiger partial charge in [-0.15, -0.1) is 23.1 Å². The summed E-state index contributed by atoms with van der Waals surface area (Å²) in [6.45, 7) is 1.80. The highest BCUT2D eigenvalue weighted by molar-refractivity contribution is 7.99. The lowest BCUT2D eigenvalue weighted by Gasteiger charge is -2.12. The molecule has 1 amide bonds. The standard InChI is InChI=1S/C15H13NO3S2/c1-8-6-21-13(15(18)19)12(8)16-14(17)10-7-20-11-5-3-2-4-9(10)11/h2-6,10H,7H2,1H3,(H,16,17)(H,18,19). The van der Waals surface area contributed by atoms with Gasteiger partial charge >= 0.3 is 5.97 Å². The number of thioether (sulfide) groups is 1. The molecular weight excluding hydrogens is 306 g/mol. The number of anilines is 1. The lowest BCUT2D eigenvalue weighted by molar-refractivity contribution is -0.117. The van der Waals surface area contributed by atoms with Crippen LogP contribution in [-0.2, 0) is 4.79 Å². The maximum Gasteiger partial charge on any atom is 0.348 e. The molecule has 108 valence electrons. The van der Waals surface area contributed by atoms with Gasteiger partial charge in [-0.05, 0) is 29.5 Å². The Bertz CT molecular complexity index is 723. The topological polar surface area (TPSA) is 66.4 Å². The Kier molecular flexibility index (Phi) is 3.73. The molecule has 1 aliphatic heterocycles. The van der Waals surface area contributed by atoms with Crippen molar-refractivity contribution in [2.75, 3.05) is 11.1 Å². The van der Waals surface area contributed by atoms with Crippen LogP contribution < -0.4 is 5.32 Å². The van der Waals surface area contributed by atoms with Gasteiger partial charge in [0.05, 0.1) is 11.6 Å². The van der Waals surface area contributed by atoms with E-state index in [1.807, 2.05) is 24.3 Å². The summed E-state index contributed by atoms with van der Waals surface area (Å²) in [5, 5.41) is 13.7. The van der Waals surface area contributed by atoms with E-state index in [0.717, 1.165) is 27.4 Å². The van der Waals surface area contributed by atoms with Crippen molar-refractivity contribution in [2.45, 2.75) is 17.7 Å². The van der Waals surface area contributed by atoms with E-state index in [2.05, 4.69) is 5.32 Å². The molecule has 2 heterocycles. The van der Waals surface area contributed by atoms with Crippen LogP contribution in [-0.4, -0.2) is 22.7 Å². The van der Waals surface area contributed by atoms with Gasteiger partial charge in [0.1, 0.15) is 4.88 Å². The molecule has 2 aromatic rings. The van der Waals surface area contributed by atoms with Gasteiger partial charge in [0.25, 0.3) is 0 Å². The second-order valence-electron chi connectivity index (χ2n) is 4.82. The lowest BCUT2D eigenvalue weighted by Crippen LogP contribution is -2.22. The average Bonchev–Trinajstić information content (AvgIpc) is 3.03. The maximum absolute atomic E-state index is 12.5. The van der Waals surface area contributed by atoms with Crippen LogP contribution in [0.2, 0.25) is 0 Å². The van der Waals surface area contributed by atoms with E-state index < -0.39 is 5.97 Å². The fraction of sp³-hybridized carbons (Fsp3) is 0.200. The number of benzene rings is 1. The Morgan fingerprint density at radius 3 is 2.86 bits per heavy atom. The normalized spacial score (nSPS) is 16.5. The summed E-state index contributed by atoms with van der Waals surface area (Å²) in [6.07, 6.45) is 0. The van der Waals surface area contributed by atoms with Gasteiger partial charge in [-0.3, -0.25) is 4.79 Å². The van der Waals surface area contributed by atoms with Crippen molar-refractivity contribution in [3.8, 4) is 0 Å². The fourth-order valence-corrected chi connectivity index (χ4v) is 4.42. The van der Waals surface area contributed by atoms with Gasteiger partial charge < -0.3 is 10.4 Å². The van der Waals surface area contributed by atoms with Crippen LogP contribution in [0.4, 0.5) is 5.69 Å². The van der Waals surface area contributed by atoms with E-state index in [-0.39, 0.29) is 16.7 Å². The summed E-state index contributed by atoms with van der Waals surface area (Å²) in [4.78, 5) is 25.0. The van der Waals surface area contributed by atoms with E-state index in [9.17, 15) is 9.59 Å². The second-order valence-corrected chi connectivity index (χ2v) is 6.76. The van der Waals surface area contributed by atoms with Crippen LogP contribution in [0.1, 0.15) is 26.7 Å². The SMILES string of the molecule is Cc1csc(C(=O)O)c1NC(=O)C1CSc2ccccc21. The van der Waals surface area contributed by atoms with Gasteiger partial charge in [-0.2, -0.15) is 0 Å². The quantitative estimate of drug-likeness (QED) is 0.907. The summed E-state index contributed by atoms with van der Waals surface area (Å²) < 4.78 is 0. The maximum atomic E-state index is 12.5. The Morgan fingerprint density at radius 2 is 2.10 bits per heavy atom. The Hall–Kier alpha value is -1.79. The van der Waals surface area contributed by atoms with E-state index in [4.69, 9.17) is 5.11 Å². The number of carboxylic acids is 1. The first kappa shape index (κ1) is 14.2. The number of amides is 1. The lowest BCUT2D eigenvalue weighted by atomic mass is 10.0. The predicted molar refractivity (Wildman–Crippen MR) is 84.6 cm³/mol. The molecule has 3 rings (SSSR count). The first-order valence-corrected chi connectivity index (χ1v) is 8.28. The number of thiophene rings is 1. The number of aryl methyl sites for hydroxylation is 1. The van der Waals surface area contributed by atoms with E-state index in [1.165, 1.54) is 0 Å². The summed E-state index contributed by atoms with van der Waals surface area (Å²) in [6, 6.07) is 7.84. The summed E-state index contributed by atoms with van der Waals surface area (Å²) >= 11 is 2.79. The molecule has 0 saturated carbocycles. The van der Waals surface area contributed by atoms with Crippen molar-refractivity contribution < 1.29 is 14.7 Å². The van der Waals surface area contributed by atoms with Crippen LogP contribution in [0.5, 0.6) is 0 Å². The molecule has 4 nitrogen and oxygen atoms in total. The molecule has 2 N–H and O–H groups in total. The summed E-state index contributed by atoms with van der Waals surface area (Å²) in [5.74, 6) is -0.690. The number of fused-ring (bicyclic) bond motifs is 1. The average molecular weight is 319 g/mol. The highest BCUT2D eigenvalue weighted by atomic mass is 32.2. The zero-order valence-corrected chi connectivity index (χ0v) is 12.9. The third-order valence-electron chi connectivity index (χ3n) is 3.43. The zero-order chi connectivity index (χ0) is 15.0. The third-order valence-corrected chi connectivity index (χ3v) is 5.70. The van der Waals surface area contributed by atoms with E-state index in [0.29, 0.717) is 11.4 Å². The van der Waals surface area contributed by atoms with Crippen molar-refractivity contribution in [2.24, 2.45) is 0 Å². The monoisotopic (exact) mass is 319 g/mol. The largest absolute Gasteiger partial charge is 0.477 e. The highest BCUT2D eigenvalue weighted by Crippen LogP contribution is 2.40. The minimum Gasteiger partial charge on any atom is -0.477 e. The number of aromatic carboxylic acids is 1. The van der Waals surface area contributed by atoms with E-state index in [1.54, 1.807) is 24.1 Å². The second kappa shape index (κ2) is 5.54. The molecular formula is C15H13NO3S2. The Balaban J connectivity index is 1.86. The summed E-state index contributed by atoms with van der Waals surface area (Å²) in [5.41, 5.74) is 2.22. The van der Waals surface area contributed by atoms with Gasteiger partial charge in [-0.25, -0.2) is 4.79 Å². The van der Waals surface area contributed by atoms with Gasteiger partial charge in [0.15, 0.2) is 0 Å². The molecule has 21 heavy (non-hydrogen) atoms. The molecule has 1 aromatic heterocycles. The predicted octanol–water partition coefficient (Wildman–Crippen LogP) is 3.58. The Labute approximate surface area is 130 Å². The van der Waals surface area contributed by atoms with Crippen molar-refractivity contribution >= 4 is 40.7 Å². The molecule has 0 bridgehead atoms. The van der Waals surface area contributed by atoms with Crippen LogP contribution in [0.25, 0.3) is 0 Å². The van der Waals surface area contributed by atoms with Crippen LogP contribution >= 0.6 is 23.1 Å². The highest BCUT2D eigenvalue weighted by Gasteiger charge is 2.30. The van der Waals surface area contributed by atoms with Crippen molar-refractivity contribution in [1.29, 1.82) is 0 Å². The van der Waals surface area contributed by atoms with E-state index >= 15 is 0 Å². The van der Waals surface area contributed by atoms with Crippen LogP contribution in [0.15, 0.2) is 34.5 Å². The zero-order valence-electron chi connectivity index (χ0n) is 11.3. The first-order chi connectivity index (χ1) is 10.1. The molecule has 0 fully saturated rings. The number of carbonyl (C=O) groups excluding carboxylic acids is 1. The van der Waals surface area contributed by atoms with Gasteiger partial charge in [0.2, 0.25) is 5.91 Å². The molecule has 0 saturated heterocycles. The van der Waals surface area contributed by atoms with Crippen LogP contribution in [0.3, 0.4) is 0 Å². The number of rotatable bonds is 3. The molecule has 1 aliphatic rings. The molecule has 0 spiro atoms. The smallest absolute Gasteiger partial charge is 0.348 e. The van der Waals surface area contributed by atoms with Gasteiger partial charge in [-0.1, -0.05) is 18.2 Å². The van der Waals surface area contributed by atoms with Crippen molar-refractivity contribution in [3.63, 3.8) is 0 Å². The molecule has 1 aromatic carbocycles. The number of hydrogen-bond acceptors (Lipinski definition) is 4. The number of hydrogen-bond donors (Lipinski definition) is 2. The minimum atomic E-state index is -1.01. The van der Waals surface area contributed by atoms with Crippen LogP contribution in [0, 0.1) is 6.92 Å².